The molecule has 5 nitrogen and oxygen atoms in total. The molecule has 5 heteroatoms. The van der Waals surface area contributed by atoms with Gasteiger partial charge in [-0.3, -0.25) is 9.89 Å². The number of aromatic amines is 1. The van der Waals surface area contributed by atoms with Crippen molar-refractivity contribution in [1.82, 2.24) is 15.5 Å². The first-order valence-corrected chi connectivity index (χ1v) is 6.91. The van der Waals surface area contributed by atoms with Crippen molar-refractivity contribution in [2.45, 2.75) is 33.7 Å². The summed E-state index contributed by atoms with van der Waals surface area (Å²) in [6.07, 6.45) is 0. The van der Waals surface area contributed by atoms with Crippen LogP contribution in [0.2, 0.25) is 0 Å². The Hall–Kier alpha value is -2.30. The third-order valence-electron chi connectivity index (χ3n) is 3.62. The van der Waals surface area contributed by atoms with E-state index >= 15 is 0 Å². The summed E-state index contributed by atoms with van der Waals surface area (Å²) in [4.78, 5) is 12.3. The number of aromatic nitrogens is 2. The highest BCUT2D eigenvalue weighted by molar-refractivity contribution is 5.94. The molecule has 1 heterocycles. The van der Waals surface area contributed by atoms with Crippen LogP contribution in [0.5, 0.6) is 5.75 Å². The van der Waals surface area contributed by atoms with Gasteiger partial charge in [-0.1, -0.05) is 0 Å². The Kier molecular flexibility index (Phi) is 4.31. The zero-order valence-corrected chi connectivity index (χ0v) is 13.1. The number of nitrogens with one attached hydrogen (secondary N) is 2. The fourth-order valence-electron chi connectivity index (χ4n) is 2.57. The van der Waals surface area contributed by atoms with Gasteiger partial charge in [-0.05, 0) is 51.5 Å². The van der Waals surface area contributed by atoms with Gasteiger partial charge < -0.3 is 10.1 Å². The molecule has 21 heavy (non-hydrogen) atoms. The molecule has 2 N–H and O–H groups in total. The Morgan fingerprint density at radius 1 is 1.33 bits per heavy atom. The Morgan fingerprint density at radius 2 is 2.05 bits per heavy atom. The van der Waals surface area contributed by atoms with Crippen LogP contribution in [0, 0.1) is 20.8 Å². The number of ether oxygens (including phenoxy) is 1. The van der Waals surface area contributed by atoms with Crippen LogP contribution in [0.3, 0.4) is 0 Å². The van der Waals surface area contributed by atoms with Crippen molar-refractivity contribution < 1.29 is 9.53 Å². The van der Waals surface area contributed by atoms with Crippen LogP contribution in [0.15, 0.2) is 18.2 Å². The zero-order valence-electron chi connectivity index (χ0n) is 13.1. The molecule has 1 aromatic heterocycles. The van der Waals surface area contributed by atoms with E-state index in [-0.39, 0.29) is 11.9 Å². The number of nitrogens with zero attached hydrogens (tertiary/aromatic N) is 1. The largest absolute Gasteiger partial charge is 0.496 e. The molecule has 0 aliphatic carbocycles. The maximum atomic E-state index is 12.3. The van der Waals surface area contributed by atoms with Gasteiger partial charge in [0, 0.05) is 16.8 Å². The van der Waals surface area contributed by atoms with Crippen LogP contribution in [0.1, 0.15) is 45.8 Å². The molecule has 0 unspecified atom stereocenters. The van der Waals surface area contributed by atoms with E-state index in [1.165, 1.54) is 0 Å². The molecule has 0 aliphatic rings. The maximum absolute atomic E-state index is 12.3. The van der Waals surface area contributed by atoms with Gasteiger partial charge in [-0.15, -0.1) is 0 Å². The number of hydrogen-bond donors (Lipinski definition) is 2. The fraction of sp³-hybridized carbons (Fsp3) is 0.375. The van der Waals surface area contributed by atoms with Crippen molar-refractivity contribution in [3.63, 3.8) is 0 Å². The number of benzene rings is 1. The van der Waals surface area contributed by atoms with Crippen molar-refractivity contribution in [3.05, 3.63) is 46.3 Å². The Bertz CT molecular complexity index is 642. The predicted molar refractivity (Wildman–Crippen MR) is 81.7 cm³/mol. The lowest BCUT2D eigenvalue weighted by Crippen LogP contribution is -2.27. The van der Waals surface area contributed by atoms with E-state index in [9.17, 15) is 4.79 Å². The summed E-state index contributed by atoms with van der Waals surface area (Å²) in [7, 11) is 1.62. The van der Waals surface area contributed by atoms with Gasteiger partial charge in [0.25, 0.3) is 5.91 Å². The summed E-state index contributed by atoms with van der Waals surface area (Å²) in [6, 6.07) is 5.31. The average Bonchev–Trinajstić information content (AvgIpc) is 2.77. The monoisotopic (exact) mass is 287 g/mol. The van der Waals surface area contributed by atoms with Crippen LogP contribution in [-0.2, 0) is 0 Å². The van der Waals surface area contributed by atoms with Crippen molar-refractivity contribution in [2.75, 3.05) is 7.11 Å². The smallest absolute Gasteiger partial charge is 0.251 e. The highest BCUT2D eigenvalue weighted by Crippen LogP contribution is 2.21. The lowest BCUT2D eigenvalue weighted by Gasteiger charge is -2.15. The van der Waals surface area contributed by atoms with E-state index in [1.807, 2.05) is 39.8 Å². The predicted octanol–water partition coefficient (Wildman–Crippen LogP) is 2.83. The standard InChI is InChI=1S/C16H21N3O2/c1-9-8-13(6-7-14(9)21-5)16(20)17-10(2)15-11(3)18-19-12(15)4/h6-8,10H,1-5H3,(H,17,20)(H,18,19)/t10-/m1/s1. The van der Waals surface area contributed by atoms with Crippen LogP contribution < -0.4 is 10.1 Å². The van der Waals surface area contributed by atoms with E-state index in [1.54, 1.807) is 13.2 Å². The molecule has 0 fully saturated rings. The summed E-state index contributed by atoms with van der Waals surface area (Å²) < 4.78 is 5.21. The molecular formula is C16H21N3O2. The molecule has 2 rings (SSSR count). The number of methoxy groups -OCH3 is 1. The lowest BCUT2D eigenvalue weighted by molar-refractivity contribution is 0.0939. The van der Waals surface area contributed by atoms with E-state index < -0.39 is 0 Å². The Labute approximate surface area is 124 Å². The van der Waals surface area contributed by atoms with Crippen LogP contribution in [0.25, 0.3) is 0 Å². The molecule has 1 amide bonds. The molecule has 112 valence electrons. The quantitative estimate of drug-likeness (QED) is 0.908. The molecule has 0 spiro atoms. The van der Waals surface area contributed by atoms with Crippen molar-refractivity contribution >= 4 is 5.91 Å². The molecule has 1 aromatic carbocycles. The van der Waals surface area contributed by atoms with Gasteiger partial charge in [-0.25, -0.2) is 0 Å². The van der Waals surface area contributed by atoms with Gasteiger partial charge in [0.1, 0.15) is 5.75 Å². The number of carbonyl (C=O) groups excluding carboxylic acids is 1. The molecule has 0 saturated heterocycles. The second kappa shape index (κ2) is 5.99. The summed E-state index contributed by atoms with van der Waals surface area (Å²) in [5.74, 6) is 0.675. The van der Waals surface area contributed by atoms with Crippen LogP contribution >= 0.6 is 0 Å². The zero-order chi connectivity index (χ0) is 15.6. The highest BCUT2D eigenvalue weighted by Gasteiger charge is 2.17. The number of carbonyl (C=O) groups is 1. The second-order valence-electron chi connectivity index (χ2n) is 5.23. The number of aryl methyl sites for hydroxylation is 3. The number of amides is 1. The molecule has 0 aliphatic heterocycles. The van der Waals surface area contributed by atoms with Gasteiger partial charge >= 0.3 is 0 Å². The summed E-state index contributed by atoms with van der Waals surface area (Å²) in [5.41, 5.74) is 4.48. The lowest BCUT2D eigenvalue weighted by atomic mass is 10.1. The molecule has 0 radical (unpaired) electrons. The second-order valence-corrected chi connectivity index (χ2v) is 5.23. The Morgan fingerprint density at radius 3 is 2.57 bits per heavy atom. The molecule has 0 bridgehead atoms. The minimum absolute atomic E-state index is 0.0985. The number of rotatable bonds is 4. The first kappa shape index (κ1) is 15.1. The van der Waals surface area contributed by atoms with Crippen LogP contribution in [0.4, 0.5) is 0 Å². The summed E-state index contributed by atoms with van der Waals surface area (Å²) >= 11 is 0. The average molecular weight is 287 g/mol. The molecule has 1 atom stereocenters. The van der Waals surface area contributed by atoms with Gasteiger partial charge in [0.05, 0.1) is 18.8 Å². The Balaban J connectivity index is 2.16. The van der Waals surface area contributed by atoms with E-state index in [0.717, 1.165) is 28.3 Å². The maximum Gasteiger partial charge on any atom is 0.251 e. The molecule has 2 aromatic rings. The van der Waals surface area contributed by atoms with Crippen molar-refractivity contribution in [2.24, 2.45) is 0 Å². The summed E-state index contributed by atoms with van der Waals surface area (Å²) in [5, 5.41) is 10.1. The fourth-order valence-corrected chi connectivity index (χ4v) is 2.57. The van der Waals surface area contributed by atoms with Crippen LogP contribution in [-0.4, -0.2) is 23.2 Å². The van der Waals surface area contributed by atoms with E-state index in [0.29, 0.717) is 5.56 Å². The topological polar surface area (TPSA) is 67.0 Å². The summed E-state index contributed by atoms with van der Waals surface area (Å²) in [6.45, 7) is 7.76. The van der Waals surface area contributed by atoms with Crippen molar-refractivity contribution in [3.8, 4) is 5.75 Å². The van der Waals surface area contributed by atoms with E-state index in [2.05, 4.69) is 15.5 Å². The van der Waals surface area contributed by atoms with E-state index in [4.69, 9.17) is 4.74 Å². The number of hydrogen-bond acceptors (Lipinski definition) is 3. The molecule has 0 saturated carbocycles. The SMILES string of the molecule is COc1ccc(C(=O)N[C@H](C)c2c(C)n[nH]c2C)cc1C. The minimum atomic E-state index is -0.103. The first-order valence-electron chi connectivity index (χ1n) is 6.91. The minimum Gasteiger partial charge on any atom is -0.496 e. The third kappa shape index (κ3) is 3.07. The normalized spacial score (nSPS) is 12.0. The van der Waals surface area contributed by atoms with Crippen molar-refractivity contribution in [1.29, 1.82) is 0 Å². The van der Waals surface area contributed by atoms with Gasteiger partial charge in [0.2, 0.25) is 0 Å². The number of H-pyrrole nitrogens is 1. The molecular weight excluding hydrogens is 266 g/mol. The van der Waals surface area contributed by atoms with Gasteiger partial charge in [-0.2, -0.15) is 5.10 Å². The first-order chi connectivity index (χ1) is 9.93. The highest BCUT2D eigenvalue weighted by atomic mass is 16.5. The van der Waals surface area contributed by atoms with Gasteiger partial charge in [0.15, 0.2) is 0 Å². The third-order valence-corrected chi connectivity index (χ3v) is 3.62.